The van der Waals surface area contributed by atoms with E-state index in [-0.39, 0.29) is 17.8 Å². The van der Waals surface area contributed by atoms with Crippen LogP contribution in [0.25, 0.3) is 11.1 Å². The van der Waals surface area contributed by atoms with Crippen LogP contribution in [0.5, 0.6) is 0 Å². The van der Waals surface area contributed by atoms with E-state index >= 15 is 0 Å². The molecule has 0 atom stereocenters. The highest BCUT2D eigenvalue weighted by Crippen LogP contribution is 2.47. The molecule has 0 bridgehead atoms. The minimum absolute atomic E-state index is 0.104. The molecule has 1 spiro atoms. The highest BCUT2D eigenvalue weighted by molar-refractivity contribution is 5.93. The highest BCUT2D eigenvalue weighted by Gasteiger charge is 2.49. The Morgan fingerprint density at radius 2 is 1.70 bits per heavy atom. The topological polar surface area (TPSA) is 94.1 Å². The molecule has 150 valence electrons. The van der Waals surface area contributed by atoms with Crippen LogP contribution in [0.2, 0.25) is 0 Å². The fraction of sp³-hybridized carbons (Fsp3) is 0.261. The van der Waals surface area contributed by atoms with Crippen LogP contribution >= 0.6 is 0 Å². The molecule has 1 aliphatic carbocycles. The van der Waals surface area contributed by atoms with Crippen molar-refractivity contribution in [2.75, 3.05) is 5.32 Å². The van der Waals surface area contributed by atoms with Crippen molar-refractivity contribution in [1.29, 1.82) is 0 Å². The number of nitrogens with one attached hydrogen (secondary N) is 1. The second-order valence-corrected chi connectivity index (χ2v) is 7.71. The second-order valence-electron chi connectivity index (χ2n) is 7.71. The van der Waals surface area contributed by atoms with E-state index in [1.54, 1.807) is 18.6 Å². The van der Waals surface area contributed by atoms with Gasteiger partial charge in [0, 0.05) is 35.6 Å². The Labute approximate surface area is 173 Å². The van der Waals surface area contributed by atoms with E-state index in [2.05, 4.69) is 20.3 Å². The summed E-state index contributed by atoms with van der Waals surface area (Å²) in [6, 6.07) is 13.5. The van der Waals surface area contributed by atoms with Crippen LogP contribution in [0.1, 0.15) is 41.7 Å². The zero-order chi connectivity index (χ0) is 20.6. The van der Waals surface area contributed by atoms with Gasteiger partial charge in [0.05, 0.1) is 0 Å². The fourth-order valence-corrected chi connectivity index (χ4v) is 4.32. The van der Waals surface area contributed by atoms with Crippen LogP contribution in [0.4, 0.5) is 5.95 Å². The van der Waals surface area contributed by atoms with E-state index in [0.717, 1.165) is 16.7 Å². The Bertz CT molecular complexity index is 1090. The molecule has 1 fully saturated rings. The van der Waals surface area contributed by atoms with Crippen molar-refractivity contribution in [2.24, 2.45) is 5.92 Å². The number of aromatic nitrogens is 3. The summed E-state index contributed by atoms with van der Waals surface area (Å²) >= 11 is 0. The molecular formula is C23H20N4O3. The summed E-state index contributed by atoms with van der Waals surface area (Å²) < 4.78 is 5.70. The summed E-state index contributed by atoms with van der Waals surface area (Å²) in [7, 11) is 0. The molecule has 30 heavy (non-hydrogen) atoms. The second kappa shape index (κ2) is 7.33. The Hall–Kier alpha value is -3.61. The van der Waals surface area contributed by atoms with Crippen molar-refractivity contribution in [3.8, 4) is 11.1 Å². The van der Waals surface area contributed by atoms with Crippen molar-refractivity contribution >= 4 is 17.8 Å². The lowest BCUT2D eigenvalue weighted by Gasteiger charge is -2.35. The summed E-state index contributed by atoms with van der Waals surface area (Å²) in [5, 5.41) is 2.82. The van der Waals surface area contributed by atoms with Crippen LogP contribution in [0, 0.1) is 5.92 Å². The van der Waals surface area contributed by atoms with Crippen LogP contribution in [0.15, 0.2) is 61.1 Å². The van der Waals surface area contributed by atoms with Crippen molar-refractivity contribution < 1.29 is 14.3 Å². The maximum atomic E-state index is 12.7. The molecule has 7 heteroatoms. The number of ether oxygens (including phenoxy) is 1. The van der Waals surface area contributed by atoms with E-state index < -0.39 is 5.60 Å². The number of carbonyl (C=O) groups is 2. The van der Waals surface area contributed by atoms with Gasteiger partial charge in [0.15, 0.2) is 5.69 Å². The monoisotopic (exact) mass is 400 g/mol. The molecule has 2 aliphatic rings. The summed E-state index contributed by atoms with van der Waals surface area (Å²) in [6.07, 6.45) is 7.45. The van der Waals surface area contributed by atoms with Crippen LogP contribution in [-0.2, 0) is 15.1 Å². The van der Waals surface area contributed by atoms with Gasteiger partial charge in [-0.2, -0.15) is 0 Å². The van der Waals surface area contributed by atoms with Crippen molar-refractivity contribution in [2.45, 2.75) is 31.3 Å². The fourth-order valence-electron chi connectivity index (χ4n) is 4.32. The summed E-state index contributed by atoms with van der Waals surface area (Å²) in [4.78, 5) is 37.6. The van der Waals surface area contributed by atoms with Crippen molar-refractivity contribution in [1.82, 2.24) is 15.0 Å². The van der Waals surface area contributed by atoms with Gasteiger partial charge in [0.1, 0.15) is 5.60 Å². The van der Waals surface area contributed by atoms with E-state index in [9.17, 15) is 9.59 Å². The predicted molar refractivity (Wildman–Crippen MR) is 109 cm³/mol. The normalized spacial score (nSPS) is 22.4. The minimum Gasteiger partial charge on any atom is -0.449 e. The quantitative estimate of drug-likeness (QED) is 0.673. The van der Waals surface area contributed by atoms with E-state index in [4.69, 9.17) is 4.74 Å². The smallest absolute Gasteiger partial charge is 0.358 e. The number of nitrogens with zero attached hydrogens (tertiary/aromatic N) is 3. The molecule has 2 aromatic heterocycles. The van der Waals surface area contributed by atoms with Gasteiger partial charge in [-0.1, -0.05) is 36.4 Å². The SMILES string of the molecule is O=C1O[C@]2(CC[C@H](C(=O)Nc3ncc(-c4ccccc4)cn3)CC2)c2cccnc21. The lowest BCUT2D eigenvalue weighted by Crippen LogP contribution is -2.36. The van der Waals surface area contributed by atoms with E-state index in [0.29, 0.717) is 37.3 Å². The maximum absolute atomic E-state index is 12.7. The molecule has 0 radical (unpaired) electrons. The highest BCUT2D eigenvalue weighted by atomic mass is 16.6. The first-order valence-corrected chi connectivity index (χ1v) is 10.0. The zero-order valence-corrected chi connectivity index (χ0v) is 16.2. The molecule has 3 aromatic rings. The average Bonchev–Trinajstić information content (AvgIpc) is 3.07. The van der Waals surface area contributed by atoms with Gasteiger partial charge in [-0.25, -0.2) is 19.7 Å². The van der Waals surface area contributed by atoms with Crippen LogP contribution in [-0.4, -0.2) is 26.8 Å². The molecule has 1 aliphatic heterocycles. The van der Waals surface area contributed by atoms with Gasteiger partial charge in [0.25, 0.3) is 0 Å². The molecule has 5 rings (SSSR count). The number of esters is 1. The third kappa shape index (κ3) is 3.22. The lowest BCUT2D eigenvalue weighted by atomic mass is 9.75. The largest absolute Gasteiger partial charge is 0.449 e. The first kappa shape index (κ1) is 18.4. The van der Waals surface area contributed by atoms with Gasteiger partial charge >= 0.3 is 5.97 Å². The molecule has 0 saturated heterocycles. The van der Waals surface area contributed by atoms with Gasteiger partial charge in [-0.15, -0.1) is 0 Å². The van der Waals surface area contributed by atoms with Crippen molar-refractivity contribution in [3.63, 3.8) is 0 Å². The number of hydrogen-bond donors (Lipinski definition) is 1. The Kier molecular flexibility index (Phi) is 4.50. The summed E-state index contributed by atoms with van der Waals surface area (Å²) in [5.41, 5.74) is 2.50. The first-order chi connectivity index (χ1) is 14.6. The maximum Gasteiger partial charge on any atom is 0.358 e. The van der Waals surface area contributed by atoms with Gasteiger partial charge in [-0.3, -0.25) is 10.1 Å². The third-order valence-corrected chi connectivity index (χ3v) is 5.94. The lowest BCUT2D eigenvalue weighted by molar-refractivity contribution is -0.122. The molecule has 7 nitrogen and oxygen atoms in total. The number of carbonyl (C=O) groups excluding carboxylic acids is 2. The molecule has 1 amide bonds. The average molecular weight is 400 g/mol. The van der Waals surface area contributed by atoms with Crippen molar-refractivity contribution in [3.05, 3.63) is 72.3 Å². The Morgan fingerprint density at radius 1 is 0.967 bits per heavy atom. The number of benzene rings is 1. The molecule has 0 unspecified atom stereocenters. The zero-order valence-electron chi connectivity index (χ0n) is 16.2. The summed E-state index contributed by atoms with van der Waals surface area (Å²) in [6.45, 7) is 0. The predicted octanol–water partition coefficient (Wildman–Crippen LogP) is 3.73. The molecular weight excluding hydrogens is 380 g/mol. The first-order valence-electron chi connectivity index (χ1n) is 10.0. The molecule has 1 saturated carbocycles. The van der Waals surface area contributed by atoms with E-state index in [1.165, 1.54) is 0 Å². The number of rotatable bonds is 3. The Balaban J connectivity index is 1.23. The number of anilines is 1. The van der Waals surface area contributed by atoms with Gasteiger partial charge in [-0.05, 0) is 37.3 Å². The third-order valence-electron chi connectivity index (χ3n) is 5.94. The standard InChI is InChI=1S/C23H20N4O3/c28-20(27-22-25-13-17(14-26-22)15-5-2-1-3-6-15)16-8-10-23(11-9-16)18-7-4-12-24-19(18)21(29)30-23/h1-7,12-14,16H,8-11H2,(H,25,26,27,28)/t16-,23-. The number of fused-ring (bicyclic) bond motifs is 2. The summed E-state index contributed by atoms with van der Waals surface area (Å²) in [5.74, 6) is -0.359. The van der Waals surface area contributed by atoms with Gasteiger partial charge in [0.2, 0.25) is 11.9 Å². The van der Waals surface area contributed by atoms with Crippen LogP contribution in [0.3, 0.4) is 0 Å². The molecule has 1 aromatic carbocycles. The van der Waals surface area contributed by atoms with Gasteiger partial charge < -0.3 is 4.74 Å². The number of hydrogen-bond acceptors (Lipinski definition) is 6. The Morgan fingerprint density at radius 3 is 2.43 bits per heavy atom. The molecule has 1 N–H and O–H groups in total. The molecule has 3 heterocycles. The number of amides is 1. The van der Waals surface area contributed by atoms with E-state index in [1.807, 2.05) is 42.5 Å². The number of pyridine rings is 1. The minimum atomic E-state index is -0.648. The van der Waals surface area contributed by atoms with Crippen LogP contribution < -0.4 is 5.32 Å².